The first kappa shape index (κ1) is 14.6. The summed E-state index contributed by atoms with van der Waals surface area (Å²) in [6.07, 6.45) is 6.40. The number of nitrogens with one attached hydrogen (secondary N) is 1. The van der Waals surface area contributed by atoms with Crippen molar-refractivity contribution in [2.24, 2.45) is 0 Å². The Hall–Kier alpha value is -1.46. The van der Waals surface area contributed by atoms with Gasteiger partial charge < -0.3 is 15.3 Å². The molecule has 0 atom stereocenters. The molecular formula is C13H22N4O. The molecule has 0 aromatic carbocycles. The molecule has 0 unspecified atom stereocenters. The molecule has 0 amide bonds. The molecule has 100 valence electrons. The van der Waals surface area contributed by atoms with E-state index < -0.39 is 0 Å². The fourth-order valence-corrected chi connectivity index (χ4v) is 1.57. The summed E-state index contributed by atoms with van der Waals surface area (Å²) in [5.41, 5.74) is 0.926. The summed E-state index contributed by atoms with van der Waals surface area (Å²) in [5.74, 6) is 0.767. The van der Waals surface area contributed by atoms with Crippen molar-refractivity contribution in [2.75, 3.05) is 31.1 Å². The van der Waals surface area contributed by atoms with E-state index >= 15 is 0 Å². The van der Waals surface area contributed by atoms with Crippen molar-refractivity contribution < 1.29 is 5.11 Å². The molecule has 0 saturated heterocycles. The third-order valence-corrected chi connectivity index (χ3v) is 2.47. The van der Waals surface area contributed by atoms with E-state index in [4.69, 9.17) is 5.11 Å². The van der Waals surface area contributed by atoms with Gasteiger partial charge in [0.2, 0.25) is 0 Å². The molecule has 0 spiro atoms. The summed E-state index contributed by atoms with van der Waals surface area (Å²) in [5, 5.41) is 12.3. The van der Waals surface area contributed by atoms with E-state index in [0.29, 0.717) is 13.1 Å². The third-order valence-electron chi connectivity index (χ3n) is 2.47. The van der Waals surface area contributed by atoms with Crippen LogP contribution in [0.1, 0.15) is 19.0 Å². The molecule has 2 N–H and O–H groups in total. The molecule has 0 aliphatic carbocycles. The summed E-state index contributed by atoms with van der Waals surface area (Å²) < 4.78 is 0. The highest BCUT2D eigenvalue weighted by atomic mass is 16.3. The Morgan fingerprint density at radius 2 is 2.28 bits per heavy atom. The van der Waals surface area contributed by atoms with Crippen molar-refractivity contribution in [3.05, 3.63) is 30.7 Å². The molecule has 5 heteroatoms. The zero-order valence-corrected chi connectivity index (χ0v) is 11.0. The van der Waals surface area contributed by atoms with Crippen LogP contribution in [0, 0.1) is 0 Å². The van der Waals surface area contributed by atoms with Gasteiger partial charge in [0.25, 0.3) is 0 Å². The average Bonchev–Trinajstić information content (AvgIpc) is 2.40. The summed E-state index contributed by atoms with van der Waals surface area (Å²) in [7, 11) is 0. The van der Waals surface area contributed by atoms with E-state index in [1.54, 1.807) is 18.5 Å². The lowest BCUT2D eigenvalue weighted by molar-refractivity contribution is 0.302. The number of hydrogen-bond donors (Lipinski definition) is 2. The molecule has 0 bridgehead atoms. The highest BCUT2D eigenvalue weighted by molar-refractivity contribution is 5.36. The monoisotopic (exact) mass is 250 g/mol. The van der Waals surface area contributed by atoms with Crippen LogP contribution in [0.5, 0.6) is 0 Å². The highest BCUT2D eigenvalue weighted by Crippen LogP contribution is 2.08. The van der Waals surface area contributed by atoms with Gasteiger partial charge in [-0.15, -0.1) is 6.58 Å². The highest BCUT2D eigenvalue weighted by Gasteiger charge is 2.06. The molecule has 0 saturated carbocycles. The van der Waals surface area contributed by atoms with Gasteiger partial charge in [0.05, 0.1) is 24.7 Å². The predicted molar refractivity (Wildman–Crippen MR) is 73.5 cm³/mol. The second kappa shape index (κ2) is 8.60. The molecule has 1 aromatic rings. The van der Waals surface area contributed by atoms with Gasteiger partial charge in [0.15, 0.2) is 0 Å². The topological polar surface area (TPSA) is 61.3 Å². The van der Waals surface area contributed by atoms with E-state index in [-0.39, 0.29) is 6.61 Å². The van der Waals surface area contributed by atoms with E-state index in [2.05, 4.69) is 28.8 Å². The number of aliphatic hydroxyl groups is 1. The first-order chi connectivity index (χ1) is 8.81. The summed E-state index contributed by atoms with van der Waals surface area (Å²) in [6, 6.07) is 0. The minimum absolute atomic E-state index is 0.0926. The van der Waals surface area contributed by atoms with Crippen molar-refractivity contribution >= 4 is 5.82 Å². The second-order valence-electron chi connectivity index (χ2n) is 4.00. The Morgan fingerprint density at radius 3 is 2.83 bits per heavy atom. The molecular weight excluding hydrogens is 228 g/mol. The number of aromatic nitrogens is 2. The first-order valence-electron chi connectivity index (χ1n) is 6.30. The van der Waals surface area contributed by atoms with Crippen LogP contribution in [0.25, 0.3) is 0 Å². The fraction of sp³-hybridized carbons (Fsp3) is 0.538. The van der Waals surface area contributed by atoms with Gasteiger partial charge in [0, 0.05) is 19.6 Å². The van der Waals surface area contributed by atoms with Crippen molar-refractivity contribution in [3.63, 3.8) is 0 Å². The number of rotatable bonds is 9. The molecule has 0 aliphatic rings. The summed E-state index contributed by atoms with van der Waals surface area (Å²) in [6.45, 7) is 8.83. The van der Waals surface area contributed by atoms with Gasteiger partial charge in [-0.1, -0.05) is 13.0 Å². The van der Waals surface area contributed by atoms with Gasteiger partial charge in [-0.2, -0.15) is 0 Å². The van der Waals surface area contributed by atoms with Crippen LogP contribution in [-0.4, -0.2) is 41.3 Å². The van der Waals surface area contributed by atoms with Gasteiger partial charge in [0.1, 0.15) is 5.82 Å². The standard InChI is InChI=1S/C13H22N4O/c1-3-5-14-9-12-10-16-13(11-15-12)17(6-4-2)7-8-18/h4,10-11,14,18H,2-3,5-9H2,1H3. The van der Waals surface area contributed by atoms with Crippen molar-refractivity contribution in [1.82, 2.24) is 15.3 Å². The Kier molecular flexibility index (Phi) is 6.98. The maximum atomic E-state index is 8.99. The first-order valence-corrected chi connectivity index (χ1v) is 6.30. The van der Waals surface area contributed by atoms with Crippen LogP contribution in [0.3, 0.4) is 0 Å². The number of aliphatic hydroxyl groups excluding tert-OH is 1. The molecule has 5 nitrogen and oxygen atoms in total. The summed E-state index contributed by atoms with van der Waals surface area (Å²) >= 11 is 0. The molecule has 0 aliphatic heterocycles. The van der Waals surface area contributed by atoms with Crippen LogP contribution >= 0.6 is 0 Å². The van der Waals surface area contributed by atoms with Crippen LogP contribution in [0.4, 0.5) is 5.82 Å². The van der Waals surface area contributed by atoms with Gasteiger partial charge in [-0.05, 0) is 13.0 Å². The number of nitrogens with zero attached hydrogens (tertiary/aromatic N) is 3. The van der Waals surface area contributed by atoms with Crippen LogP contribution in [0.15, 0.2) is 25.0 Å². The lowest BCUT2D eigenvalue weighted by Crippen LogP contribution is -2.27. The van der Waals surface area contributed by atoms with E-state index in [1.165, 1.54) is 0 Å². The SMILES string of the molecule is C=CCN(CCO)c1cnc(CNCCC)cn1. The normalized spacial score (nSPS) is 10.3. The number of hydrogen-bond acceptors (Lipinski definition) is 5. The average molecular weight is 250 g/mol. The quantitative estimate of drug-likeness (QED) is 0.505. The Bertz CT molecular complexity index is 339. The smallest absolute Gasteiger partial charge is 0.147 e. The van der Waals surface area contributed by atoms with Gasteiger partial charge >= 0.3 is 0 Å². The van der Waals surface area contributed by atoms with E-state index in [0.717, 1.165) is 31.0 Å². The maximum absolute atomic E-state index is 8.99. The minimum atomic E-state index is 0.0926. The van der Waals surface area contributed by atoms with Gasteiger partial charge in [-0.3, -0.25) is 4.98 Å². The lowest BCUT2D eigenvalue weighted by atomic mass is 10.4. The molecule has 1 heterocycles. The van der Waals surface area contributed by atoms with Crippen LogP contribution in [0.2, 0.25) is 0 Å². The lowest BCUT2D eigenvalue weighted by Gasteiger charge is -2.20. The third kappa shape index (κ3) is 4.81. The zero-order valence-electron chi connectivity index (χ0n) is 11.0. The summed E-state index contributed by atoms with van der Waals surface area (Å²) in [4.78, 5) is 10.6. The predicted octanol–water partition coefficient (Wildman–Crippen LogP) is 0.961. The molecule has 0 fully saturated rings. The molecule has 0 radical (unpaired) electrons. The zero-order chi connectivity index (χ0) is 13.2. The Balaban J connectivity index is 2.58. The fourth-order valence-electron chi connectivity index (χ4n) is 1.57. The number of anilines is 1. The van der Waals surface area contributed by atoms with Crippen LogP contribution < -0.4 is 10.2 Å². The van der Waals surface area contributed by atoms with Crippen molar-refractivity contribution in [1.29, 1.82) is 0 Å². The molecule has 18 heavy (non-hydrogen) atoms. The largest absolute Gasteiger partial charge is 0.395 e. The van der Waals surface area contributed by atoms with Crippen molar-refractivity contribution in [2.45, 2.75) is 19.9 Å². The van der Waals surface area contributed by atoms with Crippen molar-refractivity contribution in [3.8, 4) is 0 Å². The minimum Gasteiger partial charge on any atom is -0.395 e. The van der Waals surface area contributed by atoms with E-state index in [9.17, 15) is 0 Å². The Labute approximate surface area is 109 Å². The Morgan fingerprint density at radius 1 is 1.44 bits per heavy atom. The van der Waals surface area contributed by atoms with Gasteiger partial charge in [-0.25, -0.2) is 4.98 Å². The molecule has 1 aromatic heterocycles. The van der Waals surface area contributed by atoms with Crippen LogP contribution in [-0.2, 0) is 6.54 Å². The second-order valence-corrected chi connectivity index (χ2v) is 4.00. The molecule has 1 rings (SSSR count). The van der Waals surface area contributed by atoms with E-state index in [1.807, 2.05) is 4.90 Å². The maximum Gasteiger partial charge on any atom is 0.147 e.